The molecule has 2 aromatic heterocycles. The summed E-state index contributed by atoms with van der Waals surface area (Å²) in [5, 5.41) is 16.7. The third kappa shape index (κ3) is 5.97. The zero-order valence-electron chi connectivity index (χ0n) is 22.0. The molecule has 0 bridgehead atoms. The quantitative estimate of drug-likeness (QED) is 0.409. The average Bonchev–Trinajstić information content (AvgIpc) is 3.39. The van der Waals surface area contributed by atoms with Gasteiger partial charge in [-0.05, 0) is 63.0 Å². The number of hydrogen-bond acceptors (Lipinski definition) is 5. The molecule has 2 aliphatic rings. The van der Waals surface area contributed by atoms with Crippen LogP contribution in [0.3, 0.4) is 0 Å². The average molecular weight is 566 g/mol. The van der Waals surface area contributed by atoms with Crippen LogP contribution < -0.4 is 5.32 Å². The molecule has 1 saturated carbocycles. The fourth-order valence-corrected chi connectivity index (χ4v) is 5.99. The van der Waals surface area contributed by atoms with Crippen molar-refractivity contribution in [2.24, 2.45) is 5.92 Å². The number of aliphatic hydroxyl groups excluding tert-OH is 1. The number of nitrogens with zero attached hydrogens (tertiary/aromatic N) is 4. The molecule has 0 spiro atoms. The largest absolute Gasteiger partial charge is 0.419 e. The van der Waals surface area contributed by atoms with Crippen LogP contribution in [0.4, 0.5) is 22.0 Å². The first-order valence-electron chi connectivity index (χ1n) is 13.6. The lowest BCUT2D eigenvalue weighted by Gasteiger charge is -2.37. The summed E-state index contributed by atoms with van der Waals surface area (Å²) in [5.74, 6) is -1.43. The van der Waals surface area contributed by atoms with E-state index in [0.29, 0.717) is 37.1 Å². The number of pyridine rings is 1. The number of β-amino-alcohol motifs (C(OH)–C–C–N with tert-alkyl or cyclic N) is 1. The predicted molar refractivity (Wildman–Crippen MR) is 137 cm³/mol. The van der Waals surface area contributed by atoms with Gasteiger partial charge >= 0.3 is 6.18 Å². The molecular weight excluding hydrogens is 533 g/mol. The van der Waals surface area contributed by atoms with Crippen LogP contribution in [-0.4, -0.2) is 62.4 Å². The van der Waals surface area contributed by atoms with Crippen LogP contribution >= 0.6 is 0 Å². The van der Waals surface area contributed by atoms with Crippen molar-refractivity contribution in [3.8, 4) is 0 Å². The van der Waals surface area contributed by atoms with Crippen molar-refractivity contribution in [1.29, 1.82) is 0 Å². The first-order chi connectivity index (χ1) is 19.0. The maximum absolute atomic E-state index is 14.6. The van der Waals surface area contributed by atoms with E-state index < -0.39 is 41.8 Å². The standard InChI is InChI=1S/C28H32F5N5O2/c1-16(20-3-2-4-22(25(20)30)28(31,32)33)36-27(40)19-11-21(26-34-15-35-38(26)13-19)18-7-5-17(6-8-18)12-37-10-9-23(29)24(39)14-37/h2-4,11,13,15-18,23-24,39H,5-10,12,14H2,1H3,(H,36,40)/t16-,17?,18?,23?,24?/m1/s1. The Morgan fingerprint density at radius 2 is 1.95 bits per heavy atom. The van der Waals surface area contributed by atoms with Crippen LogP contribution in [0.1, 0.15) is 78.0 Å². The Morgan fingerprint density at radius 1 is 1.20 bits per heavy atom. The molecular formula is C28H32F5N5O2. The Kier molecular flexibility index (Phi) is 8.10. The van der Waals surface area contributed by atoms with Crippen molar-refractivity contribution < 1.29 is 31.9 Å². The first-order valence-corrected chi connectivity index (χ1v) is 13.6. The second-order valence-corrected chi connectivity index (χ2v) is 11.0. The third-order valence-corrected chi connectivity index (χ3v) is 8.20. The molecule has 1 saturated heterocycles. The summed E-state index contributed by atoms with van der Waals surface area (Å²) in [6.45, 7) is 3.23. The number of aliphatic hydroxyl groups is 1. The lowest BCUT2D eigenvalue weighted by atomic mass is 9.78. The molecule has 216 valence electrons. The Balaban J connectivity index is 1.28. The van der Waals surface area contributed by atoms with Gasteiger partial charge in [0.05, 0.1) is 23.3 Å². The molecule has 2 N–H and O–H groups in total. The van der Waals surface area contributed by atoms with Crippen LogP contribution in [0.2, 0.25) is 0 Å². The number of halogens is 5. The summed E-state index contributed by atoms with van der Waals surface area (Å²) >= 11 is 0. The van der Waals surface area contributed by atoms with Gasteiger partial charge in [0.25, 0.3) is 5.91 Å². The van der Waals surface area contributed by atoms with E-state index in [4.69, 9.17) is 0 Å². The van der Waals surface area contributed by atoms with E-state index in [1.807, 2.05) is 0 Å². The molecule has 3 atom stereocenters. The molecule has 1 amide bonds. The fourth-order valence-electron chi connectivity index (χ4n) is 5.99. The van der Waals surface area contributed by atoms with Crippen molar-refractivity contribution in [1.82, 2.24) is 24.8 Å². The highest BCUT2D eigenvalue weighted by atomic mass is 19.4. The molecule has 40 heavy (non-hydrogen) atoms. The summed E-state index contributed by atoms with van der Waals surface area (Å²) in [6.07, 6.45) is -0.135. The number of fused-ring (bicyclic) bond motifs is 1. The number of carbonyl (C=O) groups excluding carboxylic acids is 1. The van der Waals surface area contributed by atoms with Crippen LogP contribution in [0.5, 0.6) is 0 Å². The molecule has 2 fully saturated rings. The second-order valence-electron chi connectivity index (χ2n) is 11.0. The molecule has 3 heterocycles. The summed E-state index contributed by atoms with van der Waals surface area (Å²) in [4.78, 5) is 19.7. The van der Waals surface area contributed by atoms with Gasteiger partial charge in [-0.15, -0.1) is 0 Å². The number of alkyl halides is 4. The molecule has 2 unspecified atom stereocenters. The topological polar surface area (TPSA) is 82.8 Å². The molecule has 1 aliphatic carbocycles. The Labute approximate surface area is 228 Å². The lowest BCUT2D eigenvalue weighted by Crippen LogP contribution is -2.46. The predicted octanol–water partition coefficient (Wildman–Crippen LogP) is 5.06. The normalized spacial score (nSPS) is 25.2. The van der Waals surface area contributed by atoms with E-state index in [0.717, 1.165) is 43.9 Å². The van der Waals surface area contributed by atoms with Crippen LogP contribution in [-0.2, 0) is 6.18 Å². The maximum atomic E-state index is 14.6. The minimum absolute atomic E-state index is 0.121. The van der Waals surface area contributed by atoms with Gasteiger partial charge in [-0.25, -0.2) is 18.3 Å². The van der Waals surface area contributed by atoms with Gasteiger partial charge in [0, 0.05) is 37.0 Å². The van der Waals surface area contributed by atoms with E-state index in [2.05, 4.69) is 20.3 Å². The van der Waals surface area contributed by atoms with Crippen molar-refractivity contribution in [3.05, 3.63) is 64.9 Å². The zero-order chi connectivity index (χ0) is 28.6. The number of hydrogen-bond donors (Lipinski definition) is 2. The second kappa shape index (κ2) is 11.4. The highest BCUT2D eigenvalue weighted by Crippen LogP contribution is 2.38. The molecule has 12 heteroatoms. The van der Waals surface area contributed by atoms with E-state index in [-0.39, 0.29) is 17.0 Å². The fraction of sp³-hybridized carbons (Fsp3) is 0.536. The summed E-state index contributed by atoms with van der Waals surface area (Å²) < 4.78 is 69.2. The van der Waals surface area contributed by atoms with Crippen molar-refractivity contribution in [2.75, 3.05) is 19.6 Å². The van der Waals surface area contributed by atoms with Crippen LogP contribution in [0, 0.1) is 11.7 Å². The minimum Gasteiger partial charge on any atom is -0.389 e. The molecule has 1 aromatic carbocycles. The monoisotopic (exact) mass is 565 g/mol. The number of benzene rings is 1. The first kappa shape index (κ1) is 28.4. The number of amides is 1. The summed E-state index contributed by atoms with van der Waals surface area (Å²) in [6, 6.07) is 3.73. The molecule has 5 rings (SSSR count). The van der Waals surface area contributed by atoms with Gasteiger partial charge in [0.2, 0.25) is 0 Å². The maximum Gasteiger partial charge on any atom is 0.419 e. The Morgan fingerprint density at radius 3 is 2.65 bits per heavy atom. The highest BCUT2D eigenvalue weighted by Gasteiger charge is 2.36. The molecule has 3 aromatic rings. The van der Waals surface area contributed by atoms with Gasteiger partial charge in [0.15, 0.2) is 5.65 Å². The van der Waals surface area contributed by atoms with E-state index >= 15 is 0 Å². The molecule has 1 aliphatic heterocycles. The van der Waals surface area contributed by atoms with Crippen molar-refractivity contribution >= 4 is 11.6 Å². The number of rotatable bonds is 6. The van der Waals surface area contributed by atoms with Gasteiger partial charge in [-0.3, -0.25) is 4.79 Å². The van der Waals surface area contributed by atoms with Crippen molar-refractivity contribution in [3.63, 3.8) is 0 Å². The third-order valence-electron chi connectivity index (χ3n) is 8.20. The van der Waals surface area contributed by atoms with Crippen LogP contribution in [0.15, 0.2) is 36.8 Å². The smallest absolute Gasteiger partial charge is 0.389 e. The zero-order valence-corrected chi connectivity index (χ0v) is 22.0. The number of nitrogens with one attached hydrogen (secondary N) is 1. The van der Waals surface area contributed by atoms with E-state index in [1.165, 1.54) is 30.0 Å². The van der Waals surface area contributed by atoms with Gasteiger partial charge in [-0.1, -0.05) is 12.1 Å². The van der Waals surface area contributed by atoms with Crippen molar-refractivity contribution in [2.45, 2.75) is 69.4 Å². The van der Waals surface area contributed by atoms with Gasteiger partial charge in [0.1, 0.15) is 18.3 Å². The lowest BCUT2D eigenvalue weighted by molar-refractivity contribution is -0.140. The summed E-state index contributed by atoms with van der Waals surface area (Å²) in [7, 11) is 0. The number of aromatic nitrogens is 3. The van der Waals surface area contributed by atoms with E-state index in [9.17, 15) is 31.9 Å². The summed E-state index contributed by atoms with van der Waals surface area (Å²) in [5.41, 5.74) is 0.0978. The van der Waals surface area contributed by atoms with Crippen LogP contribution in [0.25, 0.3) is 5.65 Å². The molecule has 0 radical (unpaired) electrons. The number of piperidine rings is 1. The highest BCUT2D eigenvalue weighted by molar-refractivity contribution is 5.94. The van der Waals surface area contributed by atoms with Gasteiger partial charge < -0.3 is 15.3 Å². The Hall–Kier alpha value is -3.12. The minimum atomic E-state index is -4.84. The SMILES string of the molecule is C[C@@H](NC(=O)c1cc(C2CCC(CN3CCC(F)C(O)C3)CC2)c2ncnn2c1)c1cccc(C(F)(F)F)c1F. The number of likely N-dealkylation sites (tertiary alicyclic amines) is 1. The number of carbonyl (C=O) groups is 1. The van der Waals surface area contributed by atoms with E-state index in [1.54, 1.807) is 6.07 Å². The molecule has 7 nitrogen and oxygen atoms in total. The van der Waals surface area contributed by atoms with Gasteiger partial charge in [-0.2, -0.15) is 18.3 Å². The Bertz CT molecular complexity index is 1350.